The van der Waals surface area contributed by atoms with Crippen LogP contribution in [0, 0.1) is 45.3 Å². The molecule has 0 saturated heterocycles. The molecule has 0 heterocycles. The van der Waals surface area contributed by atoms with E-state index in [0.717, 1.165) is 63.4 Å². The number of aromatic hydroxyl groups is 1. The summed E-state index contributed by atoms with van der Waals surface area (Å²) in [5.74, 6) is 1.89. The second kappa shape index (κ2) is 11.3. The van der Waals surface area contributed by atoms with Gasteiger partial charge in [0.05, 0.1) is 6.10 Å². The maximum Gasteiger partial charge on any atom is 1.00 e. The number of aliphatic hydroxyl groups excluding tert-OH is 1. The van der Waals surface area contributed by atoms with Gasteiger partial charge in [0.2, 0.25) is 0 Å². The Labute approximate surface area is 288 Å². The average Bonchev–Trinajstić information content (AvgIpc) is 3.22. The molecule has 0 radical (unpaired) electrons. The molecule has 9 atom stereocenters. The predicted octanol–water partition coefficient (Wildman–Crippen LogP) is 4.82. The van der Waals surface area contributed by atoms with Crippen LogP contribution in [0.4, 0.5) is 0 Å². The van der Waals surface area contributed by atoms with Crippen molar-refractivity contribution in [3.63, 3.8) is 0 Å². The summed E-state index contributed by atoms with van der Waals surface area (Å²) in [6, 6.07) is 2.92. The Morgan fingerprint density at radius 1 is 0.932 bits per heavy atom. The van der Waals surface area contributed by atoms with Crippen molar-refractivity contribution in [3.05, 3.63) is 34.9 Å². The summed E-state index contributed by atoms with van der Waals surface area (Å²) >= 11 is 0. The minimum Gasteiger partial charge on any atom is -0.716 e. The van der Waals surface area contributed by atoms with Crippen molar-refractivity contribution >= 4 is 10.4 Å². The van der Waals surface area contributed by atoms with Crippen LogP contribution < -0.4 is 33.7 Å². The molecule has 1 aromatic carbocycles. The Morgan fingerprint density at radius 2 is 1.57 bits per heavy atom. The fraction of sp³-hybridized carbons (Fsp3) is 0.778. The molecule has 0 spiro atoms. The fourth-order valence-corrected chi connectivity index (χ4v) is 12.8. The van der Waals surface area contributed by atoms with E-state index in [9.17, 15) is 23.2 Å². The Hall–Kier alpha value is -0.570. The van der Waals surface area contributed by atoms with Gasteiger partial charge >= 0.3 is 29.6 Å². The third-order valence-corrected chi connectivity index (χ3v) is 14.9. The quantitative estimate of drug-likeness (QED) is 0.208. The van der Waals surface area contributed by atoms with E-state index in [4.69, 9.17) is 4.18 Å². The van der Waals surface area contributed by atoms with Crippen LogP contribution in [0.1, 0.15) is 124 Å². The van der Waals surface area contributed by atoms with E-state index < -0.39 is 15.8 Å². The predicted molar refractivity (Wildman–Crippen MR) is 167 cm³/mol. The van der Waals surface area contributed by atoms with Gasteiger partial charge < -0.3 is 18.9 Å². The first-order valence-electron chi connectivity index (χ1n) is 16.7. The molecule has 44 heavy (non-hydrogen) atoms. The van der Waals surface area contributed by atoms with Crippen LogP contribution in [0.5, 0.6) is 11.5 Å². The zero-order chi connectivity index (χ0) is 31.4. The summed E-state index contributed by atoms with van der Waals surface area (Å²) in [5.41, 5.74) is 2.80. The second-order valence-electron chi connectivity index (χ2n) is 16.9. The molecule has 6 rings (SSSR count). The molecule has 240 valence electrons. The summed E-state index contributed by atoms with van der Waals surface area (Å²) in [4.78, 5) is 0. The second-order valence-corrected chi connectivity index (χ2v) is 17.9. The van der Waals surface area contributed by atoms with E-state index in [1.54, 1.807) is 0 Å². The van der Waals surface area contributed by atoms with Gasteiger partial charge in [-0.1, -0.05) is 53.2 Å². The van der Waals surface area contributed by atoms with Crippen LogP contribution in [0.3, 0.4) is 0 Å². The average molecular weight is 637 g/mol. The standard InChI is InChI=1S/C36H54O6S.Na/c1-22-9-8-16-32(2,3)24(22)12-17-35(6)28-13-18-34(5)27(33(28,4)20-15-30(35)38)14-19-36(7)29(34)21-23-25(37)10-11-26(31(23)36)42-43(39,40)41;/h9-11,24,27-30,37-38H,8,12-21H2,1-7H3,(H,39,40,41);/q;+1/p-1/t24-,27-,28-,29+,30+,33-,34-,35+,36+;/m1./s1. The van der Waals surface area contributed by atoms with Crippen LogP contribution in [-0.4, -0.2) is 29.3 Å². The summed E-state index contributed by atoms with van der Waals surface area (Å²) < 4.78 is 40.0. The molecule has 0 bridgehead atoms. The van der Waals surface area contributed by atoms with Crippen molar-refractivity contribution in [3.8, 4) is 11.5 Å². The van der Waals surface area contributed by atoms with Gasteiger partial charge in [0.15, 0.2) is 0 Å². The molecule has 8 heteroatoms. The van der Waals surface area contributed by atoms with Crippen molar-refractivity contribution in [2.45, 2.75) is 131 Å². The normalized spacial score (nSPS) is 42.6. The van der Waals surface area contributed by atoms with E-state index in [1.807, 2.05) is 0 Å². The van der Waals surface area contributed by atoms with E-state index in [1.165, 1.54) is 24.1 Å². The van der Waals surface area contributed by atoms with Crippen molar-refractivity contribution in [2.75, 3.05) is 0 Å². The third kappa shape index (κ3) is 5.17. The number of allylic oxidation sites excluding steroid dienone is 2. The summed E-state index contributed by atoms with van der Waals surface area (Å²) in [7, 11) is -4.94. The van der Waals surface area contributed by atoms with Crippen molar-refractivity contribution in [1.82, 2.24) is 0 Å². The monoisotopic (exact) mass is 636 g/mol. The first-order chi connectivity index (χ1) is 19.9. The number of hydrogen-bond donors (Lipinski definition) is 2. The number of aliphatic hydroxyl groups is 1. The molecular formula is C36H53NaO6S. The number of rotatable bonds is 5. The summed E-state index contributed by atoms with van der Waals surface area (Å²) in [5, 5.41) is 22.6. The zero-order valence-electron chi connectivity index (χ0n) is 28.3. The molecule has 5 aliphatic carbocycles. The van der Waals surface area contributed by atoms with Gasteiger partial charge in [-0.3, -0.25) is 0 Å². The Balaban J connectivity index is 0.00000384. The van der Waals surface area contributed by atoms with E-state index in [2.05, 4.69) is 54.5 Å². The van der Waals surface area contributed by atoms with Gasteiger partial charge in [0.1, 0.15) is 11.5 Å². The van der Waals surface area contributed by atoms with Gasteiger partial charge in [0.25, 0.3) is 10.4 Å². The van der Waals surface area contributed by atoms with Crippen molar-refractivity contribution in [1.29, 1.82) is 0 Å². The number of phenolic OH excluding ortho intramolecular Hbond substituents is 1. The molecule has 6 nitrogen and oxygen atoms in total. The molecule has 0 aliphatic heterocycles. The van der Waals surface area contributed by atoms with Crippen LogP contribution >= 0.6 is 0 Å². The molecule has 3 saturated carbocycles. The van der Waals surface area contributed by atoms with Crippen molar-refractivity contribution < 1.29 is 56.9 Å². The number of fused-ring (bicyclic) bond motifs is 7. The molecular weight excluding hydrogens is 583 g/mol. The minimum absolute atomic E-state index is 0. The summed E-state index contributed by atoms with van der Waals surface area (Å²) in [6.07, 6.45) is 13.2. The van der Waals surface area contributed by atoms with Gasteiger partial charge in [-0.2, -0.15) is 0 Å². The molecule has 0 amide bonds. The van der Waals surface area contributed by atoms with E-state index in [0.29, 0.717) is 29.7 Å². The number of benzene rings is 1. The van der Waals surface area contributed by atoms with Crippen molar-refractivity contribution in [2.24, 2.45) is 45.3 Å². The third-order valence-electron chi connectivity index (χ3n) is 14.5. The van der Waals surface area contributed by atoms with Crippen LogP contribution in [0.25, 0.3) is 0 Å². The zero-order valence-corrected chi connectivity index (χ0v) is 31.1. The van der Waals surface area contributed by atoms with Gasteiger partial charge in [-0.05, 0) is 135 Å². The maximum absolute atomic E-state index is 11.7. The number of phenols is 1. The smallest absolute Gasteiger partial charge is 0.716 e. The largest absolute Gasteiger partial charge is 1.00 e. The first kappa shape index (κ1) is 34.8. The minimum atomic E-state index is -4.94. The van der Waals surface area contributed by atoms with Crippen LogP contribution in [0.15, 0.2) is 23.8 Å². The number of hydrogen-bond acceptors (Lipinski definition) is 6. The Bertz CT molecular complexity index is 1440. The Kier molecular flexibility index (Phi) is 8.89. The maximum atomic E-state index is 11.7. The first-order valence-corrected chi connectivity index (χ1v) is 18.1. The SMILES string of the molecule is CC1=CCCC(C)(C)[C@@H]1CC[C@@]1(C)[C@@H]2CC[C@]3(C)[C@H](CC[C@]4(C)c5c(OS(=O)(=O)[O-])ccc(O)c5C[C@@H]34)[C@@]2(C)CC[C@@H]1O.[Na+]. The molecule has 3 fully saturated rings. The molecule has 5 aliphatic rings. The molecule has 2 N–H and O–H groups in total. The van der Waals surface area contributed by atoms with E-state index >= 15 is 0 Å². The van der Waals surface area contributed by atoms with Gasteiger partial charge in [0, 0.05) is 16.5 Å². The van der Waals surface area contributed by atoms with Crippen LogP contribution in [-0.2, 0) is 22.2 Å². The van der Waals surface area contributed by atoms with Gasteiger partial charge in [-0.15, -0.1) is 0 Å². The molecule has 0 aromatic heterocycles. The molecule has 0 unspecified atom stereocenters. The van der Waals surface area contributed by atoms with Gasteiger partial charge in [-0.25, -0.2) is 8.42 Å². The topological polar surface area (TPSA) is 107 Å². The van der Waals surface area contributed by atoms with Crippen LogP contribution in [0.2, 0.25) is 0 Å². The van der Waals surface area contributed by atoms with E-state index in [-0.39, 0.29) is 74.7 Å². The fourth-order valence-electron chi connectivity index (χ4n) is 12.4. The Morgan fingerprint density at radius 3 is 2.23 bits per heavy atom. The summed E-state index contributed by atoms with van der Waals surface area (Å²) in [6.45, 7) is 16.7. The molecule has 1 aromatic rings.